The lowest BCUT2D eigenvalue weighted by Gasteiger charge is -2.32. The van der Waals surface area contributed by atoms with Crippen LogP contribution >= 0.6 is 11.6 Å². The molecule has 46 heavy (non-hydrogen) atoms. The summed E-state index contributed by atoms with van der Waals surface area (Å²) in [6, 6.07) is 21.5. The molecule has 2 unspecified atom stereocenters. The molecule has 1 aliphatic carbocycles. The predicted octanol–water partition coefficient (Wildman–Crippen LogP) is 5.25. The number of halogens is 1. The molecule has 9 nitrogen and oxygen atoms in total. The van der Waals surface area contributed by atoms with E-state index in [9.17, 15) is 14.4 Å². The molecular formula is C36H35ClN6O3. The standard InChI is InChI=1S/C36H35ClN6O3/c1-2-33(44)41-32-20-27(12-13-30(32)37)40-36(46)39-26-15-18-43(19-16-26)22-23-8-10-25(11-9-23)34-28(24-6-4-3-5-7-24)21-29-31(42-34)14-17-38-35(29)45/h2-14,17,20-21,26,30,32H,1,15-16,18-19,22H2,(H,38,45)(H,41,44)(H2,39,40,46). The molecule has 1 saturated heterocycles. The number of nitrogens with one attached hydrogen (secondary N) is 4. The normalized spacial score (nSPS) is 18.5. The number of likely N-dealkylation sites (tertiary alicyclic amines) is 1. The maximum atomic E-state index is 12.7. The molecule has 3 heterocycles. The number of urea groups is 1. The molecule has 0 bridgehead atoms. The summed E-state index contributed by atoms with van der Waals surface area (Å²) in [6.07, 6.45) is 9.69. The van der Waals surface area contributed by atoms with Gasteiger partial charge in [0.1, 0.15) is 0 Å². The predicted molar refractivity (Wildman–Crippen MR) is 182 cm³/mol. The number of alkyl halides is 1. The first-order valence-corrected chi connectivity index (χ1v) is 15.7. The van der Waals surface area contributed by atoms with Gasteiger partial charge < -0.3 is 20.9 Å². The fourth-order valence-electron chi connectivity index (χ4n) is 5.87. The lowest BCUT2D eigenvalue weighted by molar-refractivity contribution is -0.116. The first-order chi connectivity index (χ1) is 22.4. The van der Waals surface area contributed by atoms with Crippen LogP contribution in [-0.4, -0.2) is 57.4 Å². The van der Waals surface area contributed by atoms with E-state index in [1.165, 1.54) is 11.6 Å². The Balaban J connectivity index is 1.06. The molecular weight excluding hydrogens is 600 g/mol. The van der Waals surface area contributed by atoms with Crippen LogP contribution in [0.3, 0.4) is 0 Å². The molecule has 0 radical (unpaired) electrons. The number of carbonyl (C=O) groups excluding carboxylic acids is 2. The lowest BCUT2D eigenvalue weighted by atomic mass is 9.97. The van der Waals surface area contributed by atoms with Gasteiger partial charge in [-0.25, -0.2) is 9.78 Å². The summed E-state index contributed by atoms with van der Waals surface area (Å²) in [7, 11) is 0. The van der Waals surface area contributed by atoms with Crippen molar-refractivity contribution >= 4 is 34.4 Å². The van der Waals surface area contributed by atoms with Gasteiger partial charge in [-0.1, -0.05) is 67.3 Å². The second kappa shape index (κ2) is 14.0. The highest BCUT2D eigenvalue weighted by molar-refractivity contribution is 6.22. The Morgan fingerprint density at radius 3 is 2.52 bits per heavy atom. The molecule has 4 N–H and O–H groups in total. The van der Waals surface area contributed by atoms with Gasteiger partial charge in [-0.15, -0.1) is 11.6 Å². The Kier molecular flexibility index (Phi) is 9.42. The Bertz CT molecular complexity index is 1860. The van der Waals surface area contributed by atoms with Crippen molar-refractivity contribution in [2.24, 2.45) is 0 Å². The number of benzene rings is 2. The summed E-state index contributed by atoms with van der Waals surface area (Å²) in [5, 5.41) is 8.83. The lowest BCUT2D eigenvalue weighted by Crippen LogP contribution is -2.48. The smallest absolute Gasteiger partial charge is 0.319 e. The van der Waals surface area contributed by atoms with Crippen LogP contribution in [0.5, 0.6) is 0 Å². The van der Waals surface area contributed by atoms with Crippen LogP contribution in [0.2, 0.25) is 0 Å². The van der Waals surface area contributed by atoms with Crippen molar-refractivity contribution in [3.63, 3.8) is 0 Å². The molecule has 4 aromatic rings. The first kappa shape index (κ1) is 31.0. The number of pyridine rings is 2. The zero-order valence-corrected chi connectivity index (χ0v) is 26.0. The van der Waals surface area contributed by atoms with Gasteiger partial charge in [0, 0.05) is 48.7 Å². The van der Waals surface area contributed by atoms with Crippen LogP contribution in [-0.2, 0) is 11.3 Å². The van der Waals surface area contributed by atoms with Crippen molar-refractivity contribution in [2.75, 3.05) is 13.1 Å². The van der Waals surface area contributed by atoms with Crippen LogP contribution in [0, 0.1) is 0 Å². The highest BCUT2D eigenvalue weighted by Crippen LogP contribution is 2.33. The fraction of sp³-hybridized carbons (Fsp3) is 0.222. The Morgan fingerprint density at radius 2 is 1.78 bits per heavy atom. The summed E-state index contributed by atoms with van der Waals surface area (Å²) < 4.78 is 0. The average molecular weight is 635 g/mol. The fourth-order valence-corrected chi connectivity index (χ4v) is 6.08. The number of H-pyrrole nitrogens is 1. The van der Waals surface area contributed by atoms with Crippen LogP contribution in [0.25, 0.3) is 33.3 Å². The number of aromatic amines is 1. The molecule has 2 aromatic carbocycles. The van der Waals surface area contributed by atoms with Gasteiger partial charge in [-0.3, -0.25) is 14.5 Å². The second-order valence-electron chi connectivity index (χ2n) is 11.5. The number of aromatic nitrogens is 2. The SMILES string of the molecule is C=CC(=O)NC1C=C(NC(=O)NC2CCN(Cc3ccc(-c4nc5cc[nH]c(=O)c5cc4-c4ccccc4)cc3)CC2)C=CC1Cl. The molecule has 0 saturated carbocycles. The molecule has 6 rings (SSSR count). The molecule has 10 heteroatoms. The zero-order valence-electron chi connectivity index (χ0n) is 25.2. The van der Waals surface area contributed by atoms with Gasteiger partial charge in [0.2, 0.25) is 5.91 Å². The minimum absolute atomic E-state index is 0.0615. The van der Waals surface area contributed by atoms with E-state index in [-0.39, 0.29) is 23.5 Å². The summed E-state index contributed by atoms with van der Waals surface area (Å²) in [5.41, 5.74) is 6.00. The molecule has 2 atom stereocenters. The van der Waals surface area contributed by atoms with Crippen molar-refractivity contribution in [1.82, 2.24) is 30.8 Å². The van der Waals surface area contributed by atoms with Crippen LogP contribution in [0.1, 0.15) is 18.4 Å². The number of nitrogens with zero attached hydrogens (tertiary/aromatic N) is 2. The molecule has 3 amide bonds. The number of fused-ring (bicyclic) bond motifs is 1. The monoisotopic (exact) mass is 634 g/mol. The quantitative estimate of drug-likeness (QED) is 0.156. The van der Waals surface area contributed by atoms with E-state index in [2.05, 4.69) is 56.7 Å². The van der Waals surface area contributed by atoms with E-state index in [4.69, 9.17) is 16.6 Å². The van der Waals surface area contributed by atoms with E-state index in [0.717, 1.165) is 54.9 Å². The van der Waals surface area contributed by atoms with Crippen LogP contribution < -0.4 is 21.5 Å². The summed E-state index contributed by atoms with van der Waals surface area (Å²) in [6.45, 7) is 5.99. The summed E-state index contributed by atoms with van der Waals surface area (Å²) in [5.74, 6) is -0.327. The highest BCUT2D eigenvalue weighted by Gasteiger charge is 2.23. The third-order valence-corrected chi connectivity index (χ3v) is 8.72. The number of carbonyl (C=O) groups is 2. The zero-order chi connectivity index (χ0) is 32.0. The number of hydrogen-bond acceptors (Lipinski definition) is 5. The van der Waals surface area contributed by atoms with E-state index >= 15 is 0 Å². The molecule has 1 aliphatic heterocycles. The van der Waals surface area contributed by atoms with E-state index in [1.807, 2.05) is 42.5 Å². The summed E-state index contributed by atoms with van der Waals surface area (Å²) in [4.78, 5) is 47.0. The van der Waals surface area contributed by atoms with E-state index < -0.39 is 11.4 Å². The van der Waals surface area contributed by atoms with Gasteiger partial charge in [-0.05, 0) is 54.3 Å². The van der Waals surface area contributed by atoms with Crippen LogP contribution in [0.15, 0.2) is 114 Å². The summed E-state index contributed by atoms with van der Waals surface area (Å²) >= 11 is 6.28. The Hall–Kier alpha value is -4.99. The minimum atomic E-state index is -0.440. The van der Waals surface area contributed by atoms with Crippen molar-refractivity contribution in [3.8, 4) is 22.4 Å². The number of hydrogen-bond donors (Lipinski definition) is 4. The van der Waals surface area contributed by atoms with E-state index in [0.29, 0.717) is 16.6 Å². The maximum absolute atomic E-state index is 12.7. The number of piperidine rings is 1. The van der Waals surface area contributed by atoms with E-state index in [1.54, 1.807) is 24.4 Å². The van der Waals surface area contributed by atoms with Crippen LogP contribution in [0.4, 0.5) is 4.79 Å². The molecule has 2 aliphatic rings. The minimum Gasteiger partial charge on any atom is -0.344 e. The van der Waals surface area contributed by atoms with Gasteiger partial charge in [0.05, 0.1) is 28.0 Å². The van der Waals surface area contributed by atoms with Crippen molar-refractivity contribution in [3.05, 3.63) is 125 Å². The van der Waals surface area contributed by atoms with Crippen molar-refractivity contribution in [1.29, 1.82) is 0 Å². The number of amides is 3. The maximum Gasteiger partial charge on any atom is 0.319 e. The Morgan fingerprint density at radius 1 is 1.02 bits per heavy atom. The average Bonchev–Trinajstić information content (AvgIpc) is 3.07. The molecule has 0 spiro atoms. The number of rotatable bonds is 8. The third-order valence-electron chi connectivity index (χ3n) is 8.31. The Labute approximate surface area is 272 Å². The molecule has 1 fully saturated rings. The highest BCUT2D eigenvalue weighted by atomic mass is 35.5. The van der Waals surface area contributed by atoms with Gasteiger partial charge >= 0.3 is 6.03 Å². The van der Waals surface area contributed by atoms with Gasteiger partial charge in [0.25, 0.3) is 5.56 Å². The number of allylic oxidation sites excluding steroid dienone is 1. The molecule has 2 aromatic heterocycles. The molecule has 234 valence electrons. The largest absolute Gasteiger partial charge is 0.344 e. The second-order valence-corrected chi connectivity index (χ2v) is 12.0. The van der Waals surface area contributed by atoms with Crippen molar-refractivity contribution in [2.45, 2.75) is 36.8 Å². The topological polar surface area (TPSA) is 119 Å². The first-order valence-electron chi connectivity index (χ1n) is 15.3. The van der Waals surface area contributed by atoms with Gasteiger partial charge in [-0.2, -0.15) is 0 Å². The van der Waals surface area contributed by atoms with Crippen molar-refractivity contribution < 1.29 is 9.59 Å². The third kappa shape index (κ3) is 7.28. The van der Waals surface area contributed by atoms with Gasteiger partial charge in [0.15, 0.2) is 0 Å².